The second-order valence-electron chi connectivity index (χ2n) is 9.48. The molecule has 1 saturated heterocycles. The summed E-state index contributed by atoms with van der Waals surface area (Å²) in [6.07, 6.45) is 1.31. The lowest BCUT2D eigenvalue weighted by atomic mass is 9.69. The topological polar surface area (TPSA) is 78.9 Å². The van der Waals surface area contributed by atoms with Gasteiger partial charge in [-0.1, -0.05) is 34.3 Å². The van der Waals surface area contributed by atoms with Crippen LogP contribution in [0.25, 0.3) is 0 Å². The van der Waals surface area contributed by atoms with E-state index in [1.54, 1.807) is 0 Å². The molecule has 3 rings (SSSR count). The van der Waals surface area contributed by atoms with Crippen molar-refractivity contribution in [1.82, 2.24) is 0 Å². The molecular formula is C22H32O6. The largest absolute Gasteiger partial charge is 0.462 e. The van der Waals surface area contributed by atoms with Gasteiger partial charge in [0.25, 0.3) is 0 Å². The standard InChI is InChI=1S/C22H32O6/c1-11(2)7-19(24)27-17-9-18(26-14(5)23)22(6)10-15-13(4)21(25)28-16(15)8-12(3)20(17)22/h11-12,15-18,20H,4,7-10H2,1-3,5-6H3. The van der Waals surface area contributed by atoms with E-state index >= 15 is 0 Å². The molecule has 0 spiro atoms. The molecule has 2 aliphatic carbocycles. The van der Waals surface area contributed by atoms with E-state index in [-0.39, 0.29) is 59.9 Å². The molecule has 7 atom stereocenters. The molecule has 3 aliphatic rings. The van der Waals surface area contributed by atoms with Crippen molar-refractivity contribution < 1.29 is 28.6 Å². The fraction of sp³-hybridized carbons (Fsp3) is 0.773. The van der Waals surface area contributed by atoms with Gasteiger partial charge in [-0.2, -0.15) is 0 Å². The number of hydrogen-bond acceptors (Lipinski definition) is 6. The van der Waals surface area contributed by atoms with E-state index in [1.165, 1.54) is 6.92 Å². The molecule has 2 saturated carbocycles. The first-order chi connectivity index (χ1) is 13.0. The molecule has 6 heteroatoms. The Morgan fingerprint density at radius 1 is 1.29 bits per heavy atom. The third-order valence-electron chi connectivity index (χ3n) is 6.80. The van der Waals surface area contributed by atoms with E-state index in [0.29, 0.717) is 31.3 Å². The van der Waals surface area contributed by atoms with Gasteiger partial charge in [-0.3, -0.25) is 9.59 Å². The Balaban J connectivity index is 1.92. The Morgan fingerprint density at radius 3 is 2.57 bits per heavy atom. The summed E-state index contributed by atoms with van der Waals surface area (Å²) in [6.45, 7) is 13.5. The number of fused-ring (bicyclic) bond motifs is 2. The van der Waals surface area contributed by atoms with E-state index in [1.807, 2.05) is 13.8 Å². The van der Waals surface area contributed by atoms with Gasteiger partial charge >= 0.3 is 17.9 Å². The van der Waals surface area contributed by atoms with Crippen LogP contribution in [0.4, 0.5) is 0 Å². The number of ether oxygens (including phenoxy) is 3. The summed E-state index contributed by atoms with van der Waals surface area (Å²) in [5.74, 6) is -0.567. The molecule has 6 nitrogen and oxygen atoms in total. The first kappa shape index (κ1) is 20.9. The molecule has 28 heavy (non-hydrogen) atoms. The Kier molecular flexibility index (Phi) is 5.61. The molecule has 0 aromatic carbocycles. The zero-order valence-corrected chi connectivity index (χ0v) is 17.5. The van der Waals surface area contributed by atoms with Crippen LogP contribution < -0.4 is 0 Å². The molecule has 0 bridgehead atoms. The predicted molar refractivity (Wildman–Crippen MR) is 102 cm³/mol. The maximum atomic E-state index is 12.4. The number of carbonyl (C=O) groups excluding carboxylic acids is 3. The zero-order chi connectivity index (χ0) is 20.8. The Bertz CT molecular complexity index is 683. The quantitative estimate of drug-likeness (QED) is 0.414. The zero-order valence-electron chi connectivity index (χ0n) is 17.5. The fourth-order valence-electron chi connectivity index (χ4n) is 5.73. The molecule has 0 radical (unpaired) electrons. The van der Waals surface area contributed by atoms with E-state index in [0.717, 1.165) is 0 Å². The highest BCUT2D eigenvalue weighted by atomic mass is 16.6. The van der Waals surface area contributed by atoms with Crippen molar-refractivity contribution in [3.05, 3.63) is 12.2 Å². The van der Waals surface area contributed by atoms with Crippen LogP contribution in [0.15, 0.2) is 12.2 Å². The predicted octanol–water partition coefficient (Wildman–Crippen LogP) is 3.43. The van der Waals surface area contributed by atoms with E-state index < -0.39 is 5.41 Å². The van der Waals surface area contributed by atoms with Crippen LogP contribution in [0.5, 0.6) is 0 Å². The van der Waals surface area contributed by atoms with E-state index in [2.05, 4.69) is 20.4 Å². The summed E-state index contributed by atoms with van der Waals surface area (Å²) in [4.78, 5) is 36.2. The van der Waals surface area contributed by atoms with Crippen LogP contribution in [-0.4, -0.2) is 36.2 Å². The third kappa shape index (κ3) is 3.70. The Labute approximate surface area is 167 Å². The normalized spacial score (nSPS) is 39.8. The summed E-state index contributed by atoms with van der Waals surface area (Å²) < 4.78 is 17.2. The summed E-state index contributed by atoms with van der Waals surface area (Å²) in [7, 11) is 0. The average molecular weight is 392 g/mol. The van der Waals surface area contributed by atoms with Crippen LogP contribution in [0.2, 0.25) is 0 Å². The molecule has 0 amide bonds. The maximum Gasteiger partial charge on any atom is 0.334 e. The lowest BCUT2D eigenvalue weighted by molar-refractivity contribution is -0.154. The number of hydrogen-bond donors (Lipinski definition) is 0. The lowest BCUT2D eigenvalue weighted by Crippen LogP contribution is -2.40. The number of rotatable bonds is 4. The summed E-state index contributed by atoms with van der Waals surface area (Å²) in [6, 6.07) is 0. The van der Waals surface area contributed by atoms with Crippen LogP contribution in [0.1, 0.15) is 60.3 Å². The van der Waals surface area contributed by atoms with Crippen molar-refractivity contribution in [2.45, 2.75) is 78.6 Å². The van der Waals surface area contributed by atoms with Crippen molar-refractivity contribution in [2.75, 3.05) is 0 Å². The second-order valence-corrected chi connectivity index (χ2v) is 9.48. The molecule has 1 aliphatic heterocycles. The van der Waals surface area contributed by atoms with Crippen LogP contribution in [0.3, 0.4) is 0 Å². The van der Waals surface area contributed by atoms with Gasteiger partial charge in [0.05, 0.1) is 0 Å². The summed E-state index contributed by atoms with van der Waals surface area (Å²) in [5.41, 5.74) is 0.0883. The first-order valence-corrected chi connectivity index (χ1v) is 10.3. The summed E-state index contributed by atoms with van der Waals surface area (Å²) >= 11 is 0. The van der Waals surface area contributed by atoms with Gasteiger partial charge in [0.15, 0.2) is 0 Å². The molecular weight excluding hydrogens is 360 g/mol. The van der Waals surface area contributed by atoms with Gasteiger partial charge in [0.1, 0.15) is 18.3 Å². The SMILES string of the molecule is C=C1C(=O)OC2CC(C)C3C(OC(=O)CC(C)C)CC(OC(C)=O)C3(C)CC12. The van der Waals surface area contributed by atoms with Crippen molar-refractivity contribution in [1.29, 1.82) is 0 Å². The Morgan fingerprint density at radius 2 is 1.96 bits per heavy atom. The van der Waals surface area contributed by atoms with Gasteiger partial charge in [-0.05, 0) is 24.7 Å². The molecule has 0 N–H and O–H groups in total. The fourth-order valence-corrected chi connectivity index (χ4v) is 5.73. The second kappa shape index (κ2) is 7.53. The molecule has 1 heterocycles. The minimum absolute atomic E-state index is 0.0325. The van der Waals surface area contributed by atoms with Crippen LogP contribution in [-0.2, 0) is 28.6 Å². The summed E-state index contributed by atoms with van der Waals surface area (Å²) in [5, 5.41) is 0. The molecule has 0 aromatic rings. The third-order valence-corrected chi connectivity index (χ3v) is 6.80. The van der Waals surface area contributed by atoms with Crippen molar-refractivity contribution >= 4 is 17.9 Å². The van der Waals surface area contributed by atoms with Crippen molar-refractivity contribution in [3.8, 4) is 0 Å². The highest BCUT2D eigenvalue weighted by molar-refractivity contribution is 5.90. The molecule has 0 aromatic heterocycles. The van der Waals surface area contributed by atoms with Crippen LogP contribution >= 0.6 is 0 Å². The first-order valence-electron chi connectivity index (χ1n) is 10.3. The number of esters is 3. The molecule has 3 fully saturated rings. The van der Waals surface area contributed by atoms with E-state index in [4.69, 9.17) is 14.2 Å². The average Bonchev–Trinajstić information content (AvgIpc) is 2.90. The monoisotopic (exact) mass is 392 g/mol. The highest BCUT2D eigenvalue weighted by Gasteiger charge is 2.61. The van der Waals surface area contributed by atoms with Crippen molar-refractivity contribution in [2.24, 2.45) is 29.1 Å². The highest BCUT2D eigenvalue weighted by Crippen LogP contribution is 2.58. The smallest absolute Gasteiger partial charge is 0.334 e. The minimum Gasteiger partial charge on any atom is -0.462 e. The number of carbonyl (C=O) groups is 3. The van der Waals surface area contributed by atoms with E-state index in [9.17, 15) is 14.4 Å². The van der Waals surface area contributed by atoms with Crippen LogP contribution in [0, 0.1) is 29.1 Å². The Hall–Kier alpha value is -1.85. The van der Waals surface area contributed by atoms with Gasteiger partial charge in [0.2, 0.25) is 0 Å². The van der Waals surface area contributed by atoms with Gasteiger partial charge in [0, 0.05) is 42.6 Å². The minimum atomic E-state index is -0.412. The lowest BCUT2D eigenvalue weighted by Gasteiger charge is -2.39. The molecule has 7 unspecified atom stereocenters. The van der Waals surface area contributed by atoms with Gasteiger partial charge in [-0.25, -0.2) is 4.79 Å². The van der Waals surface area contributed by atoms with Crippen molar-refractivity contribution in [3.63, 3.8) is 0 Å². The molecule has 156 valence electrons. The maximum absolute atomic E-state index is 12.4. The van der Waals surface area contributed by atoms with Gasteiger partial charge < -0.3 is 14.2 Å². The van der Waals surface area contributed by atoms with Gasteiger partial charge in [-0.15, -0.1) is 0 Å².